The van der Waals surface area contributed by atoms with E-state index in [0.717, 1.165) is 24.2 Å². The summed E-state index contributed by atoms with van der Waals surface area (Å²) in [6.07, 6.45) is 2.92. The molecule has 0 unspecified atom stereocenters. The Hall–Kier alpha value is -4.79. The van der Waals surface area contributed by atoms with Crippen LogP contribution in [-0.2, 0) is 9.59 Å². The molecule has 0 saturated carbocycles. The molecule has 0 aliphatic carbocycles. The highest BCUT2D eigenvalue weighted by Gasteiger charge is 2.36. The topological polar surface area (TPSA) is 152 Å². The van der Waals surface area contributed by atoms with Crippen molar-refractivity contribution < 1.29 is 19.5 Å². The van der Waals surface area contributed by atoms with Gasteiger partial charge < -0.3 is 15.3 Å². The molecule has 2 aromatic carbocycles. The fourth-order valence-corrected chi connectivity index (χ4v) is 6.17. The first kappa shape index (κ1) is 29.3. The SMILES string of the molecule is O=C(NCCN1CCC(C(=O)O)CC1)c1ccc(-c2csc(N3N=C(c4ccccc4)/C(=N\Nc4nccs4)C3=O)n2)cc1. The number of carbonyl (C=O) groups is 3. The van der Waals surface area contributed by atoms with Gasteiger partial charge in [0.15, 0.2) is 5.71 Å². The number of piperidine rings is 1. The predicted molar refractivity (Wildman–Crippen MR) is 170 cm³/mol. The van der Waals surface area contributed by atoms with E-state index in [1.807, 2.05) is 53.2 Å². The van der Waals surface area contributed by atoms with Crippen LogP contribution in [0.4, 0.5) is 10.3 Å². The number of anilines is 2. The van der Waals surface area contributed by atoms with Crippen LogP contribution in [0.5, 0.6) is 0 Å². The van der Waals surface area contributed by atoms with E-state index in [1.54, 1.807) is 18.3 Å². The number of nitrogens with one attached hydrogen (secondary N) is 2. The number of carbonyl (C=O) groups excluding carboxylic acids is 2. The summed E-state index contributed by atoms with van der Waals surface area (Å²) in [5, 5.41) is 26.9. The molecule has 4 aromatic rings. The molecule has 4 heterocycles. The molecule has 3 N–H and O–H groups in total. The first-order valence-corrected chi connectivity index (χ1v) is 15.7. The van der Waals surface area contributed by atoms with Gasteiger partial charge in [0.05, 0.1) is 11.6 Å². The lowest BCUT2D eigenvalue weighted by Crippen LogP contribution is -2.40. The molecule has 2 aliphatic rings. The third-order valence-corrected chi connectivity index (χ3v) is 8.82. The summed E-state index contributed by atoms with van der Waals surface area (Å²) >= 11 is 2.65. The second-order valence-corrected chi connectivity index (χ2v) is 11.9. The molecule has 0 bridgehead atoms. The first-order valence-electron chi connectivity index (χ1n) is 14.0. The maximum absolute atomic E-state index is 13.5. The zero-order valence-corrected chi connectivity index (χ0v) is 25.1. The van der Waals surface area contributed by atoms with Crippen molar-refractivity contribution in [2.24, 2.45) is 16.1 Å². The summed E-state index contributed by atoms with van der Waals surface area (Å²) in [4.78, 5) is 48.3. The summed E-state index contributed by atoms with van der Waals surface area (Å²) in [6.45, 7) is 2.59. The average Bonchev–Trinajstić information content (AvgIpc) is 3.82. The van der Waals surface area contributed by atoms with E-state index < -0.39 is 11.9 Å². The molecule has 2 amide bonds. The van der Waals surface area contributed by atoms with Gasteiger partial charge in [-0.25, -0.2) is 9.97 Å². The number of rotatable bonds is 10. The highest BCUT2D eigenvalue weighted by atomic mass is 32.1. The summed E-state index contributed by atoms with van der Waals surface area (Å²) in [6, 6.07) is 16.5. The van der Waals surface area contributed by atoms with Gasteiger partial charge in [-0.05, 0) is 38.1 Å². The Bertz CT molecular complexity index is 1700. The van der Waals surface area contributed by atoms with Crippen molar-refractivity contribution in [3.8, 4) is 11.3 Å². The van der Waals surface area contributed by atoms with Crippen molar-refractivity contribution in [3.05, 3.63) is 82.7 Å². The number of amides is 2. The van der Waals surface area contributed by atoms with E-state index in [-0.39, 0.29) is 17.5 Å². The maximum atomic E-state index is 13.5. The number of hydrogen-bond acceptors (Lipinski definition) is 11. The lowest BCUT2D eigenvalue weighted by atomic mass is 9.97. The van der Waals surface area contributed by atoms with Gasteiger partial charge >= 0.3 is 11.9 Å². The fourth-order valence-electron chi connectivity index (χ4n) is 4.92. The van der Waals surface area contributed by atoms with E-state index >= 15 is 0 Å². The van der Waals surface area contributed by atoms with E-state index in [9.17, 15) is 14.4 Å². The van der Waals surface area contributed by atoms with Crippen LogP contribution in [0, 0.1) is 5.92 Å². The van der Waals surface area contributed by atoms with Crippen molar-refractivity contribution in [1.29, 1.82) is 0 Å². The molecular formula is C30H28N8O4S2. The lowest BCUT2D eigenvalue weighted by Gasteiger charge is -2.29. The zero-order chi connectivity index (χ0) is 30.5. The van der Waals surface area contributed by atoms with Crippen LogP contribution in [0.2, 0.25) is 0 Å². The van der Waals surface area contributed by atoms with Gasteiger partial charge in [-0.2, -0.15) is 15.2 Å². The third-order valence-electron chi connectivity index (χ3n) is 7.33. The van der Waals surface area contributed by atoms with E-state index in [1.165, 1.54) is 27.7 Å². The van der Waals surface area contributed by atoms with Crippen LogP contribution in [0.1, 0.15) is 28.8 Å². The van der Waals surface area contributed by atoms with Crippen molar-refractivity contribution in [1.82, 2.24) is 20.2 Å². The molecule has 14 heteroatoms. The van der Waals surface area contributed by atoms with Gasteiger partial charge in [0.2, 0.25) is 10.3 Å². The molecule has 1 fully saturated rings. The number of benzene rings is 2. The van der Waals surface area contributed by atoms with Gasteiger partial charge in [-0.1, -0.05) is 42.5 Å². The minimum atomic E-state index is -0.731. The number of hydrazone groups is 2. The van der Waals surface area contributed by atoms with Crippen molar-refractivity contribution in [2.45, 2.75) is 12.8 Å². The van der Waals surface area contributed by atoms with E-state index in [2.05, 4.69) is 35.8 Å². The molecular weight excluding hydrogens is 601 g/mol. The highest BCUT2D eigenvalue weighted by Crippen LogP contribution is 2.30. The second-order valence-electron chi connectivity index (χ2n) is 10.1. The molecule has 0 spiro atoms. The van der Waals surface area contributed by atoms with E-state index in [4.69, 9.17) is 5.11 Å². The van der Waals surface area contributed by atoms with Crippen LogP contribution in [0.25, 0.3) is 11.3 Å². The number of likely N-dealkylation sites (tertiary alicyclic amines) is 1. The summed E-state index contributed by atoms with van der Waals surface area (Å²) in [5.41, 5.74) is 6.14. The molecule has 2 aromatic heterocycles. The monoisotopic (exact) mass is 628 g/mol. The highest BCUT2D eigenvalue weighted by molar-refractivity contribution is 7.14. The Morgan fingerprint density at radius 2 is 1.80 bits per heavy atom. The number of aromatic nitrogens is 2. The normalized spacial score (nSPS) is 16.7. The van der Waals surface area contributed by atoms with Gasteiger partial charge in [-0.15, -0.1) is 22.7 Å². The molecule has 0 atom stereocenters. The zero-order valence-electron chi connectivity index (χ0n) is 23.4. The number of thiazole rings is 2. The Kier molecular flexibility index (Phi) is 8.81. The quantitative estimate of drug-likeness (QED) is 0.223. The summed E-state index contributed by atoms with van der Waals surface area (Å²) in [7, 11) is 0. The van der Waals surface area contributed by atoms with E-state index in [0.29, 0.717) is 53.2 Å². The number of carboxylic acids is 1. The van der Waals surface area contributed by atoms with Crippen LogP contribution in [-0.4, -0.2) is 75.4 Å². The number of aliphatic carboxylic acids is 1. The Morgan fingerprint density at radius 1 is 1.02 bits per heavy atom. The molecule has 1 saturated heterocycles. The van der Waals surface area contributed by atoms with Gasteiger partial charge in [0, 0.05) is 46.7 Å². The molecule has 2 aliphatic heterocycles. The van der Waals surface area contributed by atoms with Crippen molar-refractivity contribution >= 4 is 62.1 Å². The van der Waals surface area contributed by atoms with Gasteiger partial charge in [0.1, 0.15) is 5.71 Å². The summed E-state index contributed by atoms with van der Waals surface area (Å²) < 4.78 is 0. The van der Waals surface area contributed by atoms with Crippen LogP contribution in [0.15, 0.2) is 81.8 Å². The standard InChI is InChI=1S/C30H28N8O4S2/c39-26(31-12-16-37-14-10-22(11-15-37)28(41)42)21-8-6-19(7-9-21)23-18-44-30(33-23)38-27(40)25(34-35-29-32-13-17-43-29)24(36-38)20-4-2-1-3-5-20/h1-9,13,17-18,22H,10-12,14-16H2,(H,31,39)(H,32,35)(H,41,42)/b34-25+. The minimum Gasteiger partial charge on any atom is -0.481 e. The average molecular weight is 629 g/mol. The van der Waals surface area contributed by atoms with Gasteiger partial charge in [-0.3, -0.25) is 19.8 Å². The minimum absolute atomic E-state index is 0.156. The largest absolute Gasteiger partial charge is 0.481 e. The Balaban J connectivity index is 1.10. The van der Waals surface area contributed by atoms with Crippen LogP contribution >= 0.6 is 22.7 Å². The molecule has 6 rings (SSSR count). The lowest BCUT2D eigenvalue weighted by molar-refractivity contribution is -0.143. The predicted octanol–water partition coefficient (Wildman–Crippen LogP) is 4.01. The summed E-state index contributed by atoms with van der Waals surface area (Å²) in [5.74, 6) is -1.59. The molecule has 224 valence electrons. The Morgan fingerprint density at radius 3 is 2.50 bits per heavy atom. The number of carboxylic acid groups (broad SMARTS) is 1. The van der Waals surface area contributed by atoms with Gasteiger partial charge in [0.25, 0.3) is 5.91 Å². The molecule has 12 nitrogen and oxygen atoms in total. The second kappa shape index (κ2) is 13.2. The first-order chi connectivity index (χ1) is 21.5. The fraction of sp³-hybridized carbons (Fsp3) is 0.233. The molecule has 44 heavy (non-hydrogen) atoms. The Labute approximate surface area is 260 Å². The number of nitrogens with zero attached hydrogens (tertiary/aromatic N) is 6. The molecule has 0 radical (unpaired) electrons. The number of hydrogen-bond donors (Lipinski definition) is 3. The maximum Gasteiger partial charge on any atom is 0.306 e. The van der Waals surface area contributed by atoms with Crippen LogP contribution < -0.4 is 15.8 Å². The van der Waals surface area contributed by atoms with Crippen LogP contribution in [0.3, 0.4) is 0 Å². The third kappa shape index (κ3) is 6.56. The van der Waals surface area contributed by atoms with Crippen molar-refractivity contribution in [2.75, 3.05) is 36.6 Å². The van der Waals surface area contributed by atoms with Crippen molar-refractivity contribution in [3.63, 3.8) is 0 Å². The smallest absolute Gasteiger partial charge is 0.306 e.